The van der Waals surface area contributed by atoms with Crippen LogP contribution in [0.3, 0.4) is 0 Å². The number of benzene rings is 2. The van der Waals surface area contributed by atoms with Crippen LogP contribution in [-0.4, -0.2) is 38.8 Å². The minimum Gasteiger partial charge on any atom is -0.368 e. The van der Waals surface area contributed by atoms with E-state index >= 15 is 0 Å². The van der Waals surface area contributed by atoms with Crippen molar-refractivity contribution in [1.29, 1.82) is 0 Å². The second-order valence-electron chi connectivity index (χ2n) is 7.26. The normalized spacial score (nSPS) is 15.5. The van der Waals surface area contributed by atoms with E-state index < -0.39 is 0 Å². The van der Waals surface area contributed by atoms with Crippen molar-refractivity contribution in [3.8, 4) is 0 Å². The summed E-state index contributed by atoms with van der Waals surface area (Å²) >= 11 is 6.22. The maximum atomic E-state index is 13.2. The quantitative estimate of drug-likeness (QED) is 0.390. The Morgan fingerprint density at radius 2 is 1.97 bits per heavy atom. The maximum absolute atomic E-state index is 13.2. The lowest BCUT2D eigenvalue weighted by Crippen LogP contribution is -2.47. The number of hydrogen-bond donors (Lipinski definition) is 4. The van der Waals surface area contributed by atoms with Gasteiger partial charge in [-0.2, -0.15) is 15.1 Å². The molecule has 2 amide bonds. The fourth-order valence-corrected chi connectivity index (χ4v) is 3.97. The molecule has 1 aliphatic heterocycles. The Labute approximate surface area is 182 Å². The van der Waals surface area contributed by atoms with Gasteiger partial charge in [0.2, 0.25) is 5.95 Å². The number of aromatic nitrogens is 4. The topological polar surface area (TPSA) is 125 Å². The third-order valence-electron chi connectivity index (χ3n) is 5.18. The highest BCUT2D eigenvalue weighted by molar-refractivity contribution is 6.33. The summed E-state index contributed by atoms with van der Waals surface area (Å²) in [5.41, 5.74) is 8.87. The Balaban J connectivity index is 1.44. The molecule has 0 radical (unpaired) electrons. The van der Waals surface area contributed by atoms with E-state index in [0.717, 1.165) is 23.1 Å². The van der Waals surface area contributed by atoms with Gasteiger partial charge in [0.05, 0.1) is 22.3 Å². The molecule has 156 valence electrons. The van der Waals surface area contributed by atoms with Gasteiger partial charge in [-0.25, -0.2) is 4.79 Å². The van der Waals surface area contributed by atoms with E-state index in [1.54, 1.807) is 23.2 Å². The molecule has 2 aromatic heterocycles. The Bertz CT molecular complexity index is 1270. The summed E-state index contributed by atoms with van der Waals surface area (Å²) in [6, 6.07) is 14.6. The molecular weight excluding hydrogens is 416 g/mol. The van der Waals surface area contributed by atoms with Crippen LogP contribution < -0.4 is 21.3 Å². The van der Waals surface area contributed by atoms with Crippen LogP contribution in [0.1, 0.15) is 5.56 Å². The Morgan fingerprint density at radius 1 is 1.16 bits per heavy atom. The van der Waals surface area contributed by atoms with Crippen LogP contribution in [0.2, 0.25) is 5.02 Å². The molecule has 5 N–H and O–H groups in total. The summed E-state index contributed by atoms with van der Waals surface area (Å²) in [5.74, 6) is 0.718. The third kappa shape index (κ3) is 3.71. The van der Waals surface area contributed by atoms with Crippen LogP contribution in [0.4, 0.5) is 27.9 Å². The van der Waals surface area contributed by atoms with E-state index in [9.17, 15) is 4.79 Å². The van der Waals surface area contributed by atoms with E-state index in [0.29, 0.717) is 28.7 Å². The zero-order valence-corrected chi connectivity index (χ0v) is 17.1. The van der Waals surface area contributed by atoms with E-state index in [2.05, 4.69) is 30.8 Å². The number of fused-ring (bicyclic) bond motifs is 2. The minimum absolute atomic E-state index is 0.0979. The molecule has 10 heteroatoms. The SMILES string of the molecule is Nc1nc(NC2Cc3ccccc3N(C(=O)Nc3ccccc3Cl)C2)c2cn[nH]c2n1. The molecule has 0 fully saturated rings. The van der Waals surface area contributed by atoms with Gasteiger partial charge in [0, 0.05) is 18.3 Å². The number of rotatable bonds is 3. The van der Waals surface area contributed by atoms with Gasteiger partial charge in [0.25, 0.3) is 0 Å². The number of nitrogens with two attached hydrogens (primary N) is 1. The summed E-state index contributed by atoms with van der Waals surface area (Å²) in [4.78, 5) is 23.4. The molecule has 4 aromatic rings. The van der Waals surface area contributed by atoms with Gasteiger partial charge in [-0.05, 0) is 30.2 Å². The van der Waals surface area contributed by atoms with Gasteiger partial charge < -0.3 is 16.4 Å². The monoisotopic (exact) mass is 434 g/mol. The minimum atomic E-state index is -0.261. The average molecular weight is 435 g/mol. The predicted octanol–water partition coefficient (Wildman–Crippen LogP) is 3.66. The second kappa shape index (κ2) is 7.77. The van der Waals surface area contributed by atoms with Crippen LogP contribution >= 0.6 is 11.6 Å². The number of para-hydroxylation sites is 2. The number of aromatic amines is 1. The predicted molar refractivity (Wildman–Crippen MR) is 121 cm³/mol. The van der Waals surface area contributed by atoms with E-state index in [1.165, 1.54) is 0 Å². The largest absolute Gasteiger partial charge is 0.368 e. The molecule has 1 aliphatic rings. The standard InChI is InChI=1S/C21H19ClN8O/c22-15-6-2-3-7-16(15)26-21(31)30-11-13(9-12-5-1-4-8-17(12)30)25-18-14-10-24-29-19(14)28-20(23)27-18/h1-8,10,13H,9,11H2,(H,26,31)(H4,23,24,25,27,28,29). The summed E-state index contributed by atoms with van der Waals surface area (Å²) in [6.45, 7) is 0.427. The van der Waals surface area contributed by atoms with Gasteiger partial charge >= 0.3 is 6.03 Å². The summed E-state index contributed by atoms with van der Waals surface area (Å²) < 4.78 is 0. The van der Waals surface area contributed by atoms with Gasteiger partial charge in [0.15, 0.2) is 5.65 Å². The van der Waals surface area contributed by atoms with Crippen molar-refractivity contribution in [1.82, 2.24) is 20.2 Å². The van der Waals surface area contributed by atoms with Crippen LogP contribution in [0, 0.1) is 0 Å². The van der Waals surface area contributed by atoms with E-state index in [-0.39, 0.29) is 18.0 Å². The third-order valence-corrected chi connectivity index (χ3v) is 5.51. The number of amides is 2. The fourth-order valence-electron chi connectivity index (χ4n) is 3.79. The lowest BCUT2D eigenvalue weighted by atomic mass is 9.98. The average Bonchev–Trinajstić information content (AvgIpc) is 3.23. The maximum Gasteiger partial charge on any atom is 0.326 e. The van der Waals surface area contributed by atoms with Crippen molar-refractivity contribution in [3.63, 3.8) is 0 Å². The number of carbonyl (C=O) groups excluding carboxylic acids is 1. The number of nitrogens with zero attached hydrogens (tertiary/aromatic N) is 4. The number of halogens is 1. The lowest BCUT2D eigenvalue weighted by molar-refractivity contribution is 0.256. The fraction of sp³-hybridized carbons (Fsp3) is 0.143. The molecule has 2 aromatic carbocycles. The second-order valence-corrected chi connectivity index (χ2v) is 7.66. The highest BCUT2D eigenvalue weighted by atomic mass is 35.5. The first-order valence-electron chi connectivity index (χ1n) is 9.72. The molecule has 1 atom stereocenters. The van der Waals surface area contributed by atoms with Gasteiger partial charge in [-0.3, -0.25) is 10.00 Å². The first-order chi connectivity index (χ1) is 15.1. The number of hydrogen-bond acceptors (Lipinski definition) is 6. The molecule has 5 rings (SSSR count). The molecule has 0 saturated heterocycles. The number of urea groups is 1. The molecule has 0 saturated carbocycles. The van der Waals surface area contributed by atoms with Gasteiger partial charge in [-0.1, -0.05) is 41.9 Å². The summed E-state index contributed by atoms with van der Waals surface area (Å²) in [6.07, 6.45) is 2.37. The lowest BCUT2D eigenvalue weighted by Gasteiger charge is -2.35. The molecule has 0 bridgehead atoms. The van der Waals surface area contributed by atoms with Crippen molar-refractivity contribution >= 4 is 51.8 Å². The van der Waals surface area contributed by atoms with Crippen molar-refractivity contribution in [2.45, 2.75) is 12.5 Å². The smallest absolute Gasteiger partial charge is 0.326 e. The highest BCUT2D eigenvalue weighted by Crippen LogP contribution is 2.30. The summed E-state index contributed by atoms with van der Waals surface area (Å²) in [7, 11) is 0. The first kappa shape index (κ1) is 19.1. The number of nitrogen functional groups attached to an aromatic ring is 1. The molecular formula is C21H19ClN8O. The van der Waals surface area contributed by atoms with E-state index in [4.69, 9.17) is 17.3 Å². The van der Waals surface area contributed by atoms with Crippen LogP contribution in [0.25, 0.3) is 11.0 Å². The zero-order chi connectivity index (χ0) is 21.4. The summed E-state index contributed by atoms with van der Waals surface area (Å²) in [5, 5.41) is 14.4. The molecule has 0 spiro atoms. The van der Waals surface area contributed by atoms with E-state index in [1.807, 2.05) is 36.4 Å². The van der Waals surface area contributed by atoms with Crippen molar-refractivity contribution < 1.29 is 4.79 Å². The number of anilines is 4. The zero-order valence-electron chi connectivity index (χ0n) is 16.3. The molecule has 0 aliphatic carbocycles. The van der Waals surface area contributed by atoms with Crippen molar-refractivity contribution in [3.05, 3.63) is 65.3 Å². The van der Waals surface area contributed by atoms with Crippen LogP contribution in [0.5, 0.6) is 0 Å². The Morgan fingerprint density at radius 3 is 2.84 bits per heavy atom. The van der Waals surface area contributed by atoms with Crippen LogP contribution in [-0.2, 0) is 6.42 Å². The number of H-pyrrole nitrogens is 1. The van der Waals surface area contributed by atoms with Crippen molar-refractivity contribution in [2.75, 3.05) is 27.8 Å². The number of carbonyl (C=O) groups is 1. The van der Waals surface area contributed by atoms with Gasteiger partial charge in [-0.15, -0.1) is 0 Å². The number of nitrogens with one attached hydrogen (secondary N) is 3. The first-order valence-corrected chi connectivity index (χ1v) is 10.1. The molecule has 3 heterocycles. The molecule has 9 nitrogen and oxygen atoms in total. The Kier molecular flexibility index (Phi) is 4.79. The van der Waals surface area contributed by atoms with Crippen molar-refractivity contribution in [2.24, 2.45) is 0 Å². The van der Waals surface area contributed by atoms with Gasteiger partial charge in [0.1, 0.15) is 5.82 Å². The Hall–Kier alpha value is -3.85. The molecule has 31 heavy (non-hydrogen) atoms. The molecule has 1 unspecified atom stereocenters. The highest BCUT2D eigenvalue weighted by Gasteiger charge is 2.29. The van der Waals surface area contributed by atoms with Crippen LogP contribution in [0.15, 0.2) is 54.7 Å².